The quantitative estimate of drug-likeness (QED) is 0.754. The first kappa shape index (κ1) is 14.3. The molecule has 0 spiro atoms. The number of para-hydroxylation sites is 2. The molecular weight excluding hydrogens is 310 g/mol. The first-order valence-electron chi connectivity index (χ1n) is 6.20. The predicted octanol–water partition coefficient (Wildman–Crippen LogP) is 1.58. The van der Waals surface area contributed by atoms with Gasteiger partial charge in [-0.15, -0.1) is 0 Å². The minimum Gasteiger partial charge on any atom is -0.438 e. The molecule has 9 heteroatoms. The maximum Gasteiger partial charge on any atom is 0.302 e. The molecule has 1 aromatic carbocycles. The highest BCUT2D eigenvalue weighted by atomic mass is 32.2. The summed E-state index contributed by atoms with van der Waals surface area (Å²) >= 11 is 0. The Morgan fingerprint density at radius 1 is 1.14 bits per heavy atom. The number of oxazole rings is 1. The van der Waals surface area contributed by atoms with Gasteiger partial charge < -0.3 is 8.83 Å². The lowest BCUT2D eigenvalue weighted by Gasteiger charge is -1.98. The Bertz CT molecular complexity index is 908. The summed E-state index contributed by atoms with van der Waals surface area (Å²) in [6.07, 6.45) is 0. The van der Waals surface area contributed by atoms with Crippen LogP contribution >= 0.6 is 0 Å². The molecule has 2 heterocycles. The van der Waals surface area contributed by atoms with Gasteiger partial charge in [-0.1, -0.05) is 12.1 Å². The van der Waals surface area contributed by atoms with Gasteiger partial charge in [-0.2, -0.15) is 4.98 Å². The van der Waals surface area contributed by atoms with E-state index in [1.807, 2.05) is 0 Å². The van der Waals surface area contributed by atoms with E-state index in [2.05, 4.69) is 15.0 Å². The van der Waals surface area contributed by atoms with E-state index in [0.717, 1.165) is 0 Å². The van der Waals surface area contributed by atoms with E-state index >= 15 is 0 Å². The van der Waals surface area contributed by atoms with Crippen molar-refractivity contribution in [2.24, 2.45) is 0 Å². The Labute approximate surface area is 125 Å². The van der Waals surface area contributed by atoms with Crippen LogP contribution in [0.25, 0.3) is 11.1 Å². The second kappa shape index (κ2) is 5.28. The zero-order valence-corrected chi connectivity index (χ0v) is 12.2. The van der Waals surface area contributed by atoms with Gasteiger partial charge in [0.15, 0.2) is 11.3 Å². The first-order valence-corrected chi connectivity index (χ1v) is 7.68. The molecule has 0 aliphatic heterocycles. The third-order valence-electron chi connectivity index (χ3n) is 2.85. The minimum absolute atomic E-state index is 0.000577. The first-order chi connectivity index (χ1) is 10.5. The average Bonchev–Trinajstić information content (AvgIpc) is 3.13. The Morgan fingerprint density at radius 2 is 1.91 bits per heavy atom. The maximum atomic E-state index is 12.0. The summed E-state index contributed by atoms with van der Waals surface area (Å²) in [5.41, 5.74) is 1.12. The largest absolute Gasteiger partial charge is 0.438 e. The lowest BCUT2D eigenvalue weighted by molar-refractivity contribution is 0.0989. The van der Waals surface area contributed by atoms with Crippen molar-refractivity contribution in [3.63, 3.8) is 0 Å². The molecule has 0 aliphatic rings. The molecule has 0 radical (unpaired) electrons. The van der Waals surface area contributed by atoms with Gasteiger partial charge in [-0.3, -0.25) is 10.1 Å². The van der Waals surface area contributed by atoms with Crippen LogP contribution in [0.4, 0.5) is 6.01 Å². The van der Waals surface area contributed by atoms with Gasteiger partial charge in [0.05, 0.1) is 0 Å². The van der Waals surface area contributed by atoms with Crippen LogP contribution < -0.4 is 10.0 Å². The molecular formula is C13H11N3O5S. The second-order valence-corrected chi connectivity index (χ2v) is 6.08. The van der Waals surface area contributed by atoms with Crippen molar-refractivity contribution in [1.29, 1.82) is 0 Å². The number of carbonyl (C=O) groups excluding carboxylic acids is 1. The highest BCUT2D eigenvalue weighted by molar-refractivity contribution is 7.89. The number of carbonyl (C=O) groups is 1. The molecule has 3 aromatic rings. The zero-order valence-electron chi connectivity index (χ0n) is 11.4. The van der Waals surface area contributed by atoms with Crippen LogP contribution in [0.1, 0.15) is 10.6 Å². The molecule has 0 saturated carbocycles. The monoisotopic (exact) mass is 321 g/mol. The van der Waals surface area contributed by atoms with E-state index in [4.69, 9.17) is 8.83 Å². The standard InChI is InChI=1S/C13H11N3O5S/c1-14-22(18,19)11-7-6-10(20-11)12(17)16-13-15-8-4-2-3-5-9(8)21-13/h2-7,14H,1H3,(H,15,16,17). The molecule has 3 rings (SSSR count). The number of sulfonamides is 1. The van der Waals surface area contributed by atoms with Crippen molar-refractivity contribution in [2.75, 3.05) is 12.4 Å². The minimum atomic E-state index is -3.74. The Hall–Kier alpha value is -2.65. The fourth-order valence-corrected chi connectivity index (χ4v) is 2.42. The molecule has 1 amide bonds. The highest BCUT2D eigenvalue weighted by Crippen LogP contribution is 2.19. The molecule has 0 fully saturated rings. The number of aromatic nitrogens is 1. The zero-order chi connectivity index (χ0) is 15.7. The molecule has 0 aliphatic carbocycles. The van der Waals surface area contributed by atoms with Gasteiger partial charge >= 0.3 is 6.01 Å². The normalized spacial score (nSPS) is 11.7. The molecule has 2 aromatic heterocycles. The van der Waals surface area contributed by atoms with Gasteiger partial charge in [-0.25, -0.2) is 13.1 Å². The number of furan rings is 1. The van der Waals surface area contributed by atoms with E-state index in [1.54, 1.807) is 24.3 Å². The fraction of sp³-hybridized carbons (Fsp3) is 0.0769. The maximum absolute atomic E-state index is 12.0. The Morgan fingerprint density at radius 3 is 2.64 bits per heavy atom. The molecule has 114 valence electrons. The molecule has 2 N–H and O–H groups in total. The van der Waals surface area contributed by atoms with Gasteiger partial charge in [-0.05, 0) is 31.3 Å². The third kappa shape index (κ3) is 2.59. The lowest BCUT2D eigenvalue weighted by Crippen LogP contribution is -2.18. The second-order valence-electron chi connectivity index (χ2n) is 4.27. The summed E-state index contributed by atoms with van der Waals surface area (Å²) in [5.74, 6) is -0.833. The summed E-state index contributed by atoms with van der Waals surface area (Å²) in [4.78, 5) is 16.1. The van der Waals surface area contributed by atoms with Gasteiger partial charge in [0.1, 0.15) is 5.52 Å². The number of fused-ring (bicyclic) bond motifs is 1. The topological polar surface area (TPSA) is 114 Å². The number of benzene rings is 1. The van der Waals surface area contributed by atoms with E-state index in [-0.39, 0.29) is 16.9 Å². The summed E-state index contributed by atoms with van der Waals surface area (Å²) in [6.45, 7) is 0. The molecule has 22 heavy (non-hydrogen) atoms. The summed E-state index contributed by atoms with van der Waals surface area (Å²) in [5, 5.41) is 2.06. The number of nitrogens with one attached hydrogen (secondary N) is 2. The Balaban J connectivity index is 1.82. The van der Waals surface area contributed by atoms with E-state index in [0.29, 0.717) is 11.1 Å². The molecule has 0 bridgehead atoms. The number of hydrogen-bond donors (Lipinski definition) is 2. The molecule has 0 saturated heterocycles. The average molecular weight is 321 g/mol. The summed E-state index contributed by atoms with van der Waals surface area (Å²) < 4.78 is 35.5. The van der Waals surface area contributed by atoms with Crippen LogP contribution in [0.5, 0.6) is 0 Å². The van der Waals surface area contributed by atoms with Crippen LogP contribution in [0.2, 0.25) is 0 Å². The fourth-order valence-electron chi connectivity index (χ4n) is 1.77. The van der Waals surface area contributed by atoms with Crippen molar-refractivity contribution in [3.05, 3.63) is 42.2 Å². The van der Waals surface area contributed by atoms with Crippen LogP contribution in [-0.4, -0.2) is 26.4 Å². The van der Waals surface area contributed by atoms with Crippen molar-refractivity contribution in [1.82, 2.24) is 9.71 Å². The van der Waals surface area contributed by atoms with Crippen LogP contribution in [0.15, 0.2) is 50.3 Å². The predicted molar refractivity (Wildman–Crippen MR) is 76.9 cm³/mol. The number of nitrogens with zero attached hydrogens (tertiary/aromatic N) is 1. The Kier molecular flexibility index (Phi) is 3.43. The van der Waals surface area contributed by atoms with E-state index < -0.39 is 15.9 Å². The number of rotatable bonds is 4. The number of hydrogen-bond acceptors (Lipinski definition) is 6. The lowest BCUT2D eigenvalue weighted by atomic mass is 10.3. The summed E-state index contributed by atoms with van der Waals surface area (Å²) in [6, 6.07) is 9.45. The van der Waals surface area contributed by atoms with Crippen molar-refractivity contribution in [3.8, 4) is 0 Å². The highest BCUT2D eigenvalue weighted by Gasteiger charge is 2.20. The van der Waals surface area contributed by atoms with Crippen LogP contribution in [0.3, 0.4) is 0 Å². The van der Waals surface area contributed by atoms with E-state index in [1.165, 1.54) is 19.2 Å². The van der Waals surface area contributed by atoms with Crippen molar-refractivity contribution in [2.45, 2.75) is 5.09 Å². The number of amides is 1. The van der Waals surface area contributed by atoms with Crippen LogP contribution in [-0.2, 0) is 10.0 Å². The smallest absolute Gasteiger partial charge is 0.302 e. The van der Waals surface area contributed by atoms with Gasteiger partial charge in [0.25, 0.3) is 15.9 Å². The number of anilines is 1. The van der Waals surface area contributed by atoms with Gasteiger partial charge in [0.2, 0.25) is 5.09 Å². The molecule has 8 nitrogen and oxygen atoms in total. The van der Waals surface area contributed by atoms with Gasteiger partial charge in [0, 0.05) is 0 Å². The van der Waals surface area contributed by atoms with E-state index in [9.17, 15) is 13.2 Å². The van der Waals surface area contributed by atoms with Crippen LogP contribution in [0, 0.1) is 0 Å². The van der Waals surface area contributed by atoms with Crippen molar-refractivity contribution < 1.29 is 22.0 Å². The third-order valence-corrected chi connectivity index (χ3v) is 4.14. The molecule has 0 unspecified atom stereocenters. The molecule has 0 atom stereocenters. The summed E-state index contributed by atoms with van der Waals surface area (Å²) in [7, 11) is -2.49. The van der Waals surface area contributed by atoms with Crippen molar-refractivity contribution >= 4 is 33.0 Å². The SMILES string of the molecule is CNS(=O)(=O)c1ccc(C(=O)Nc2nc3ccccc3o2)o1.